The number of hydrogen-bond donors (Lipinski definition) is 3. The molecular weight excluding hydrogens is 214 g/mol. The molecule has 0 bridgehead atoms. The Kier molecular flexibility index (Phi) is 3.87. The highest BCUT2D eigenvalue weighted by molar-refractivity contribution is 5.82. The van der Waals surface area contributed by atoms with Crippen LogP contribution in [0.5, 0.6) is 0 Å². The fraction of sp³-hybridized carbons (Fsp3) is 0.444. The molecule has 16 heavy (non-hydrogen) atoms. The van der Waals surface area contributed by atoms with Gasteiger partial charge in [-0.25, -0.2) is 4.79 Å². The third kappa shape index (κ3) is 3.60. The van der Waals surface area contributed by atoms with Crippen molar-refractivity contribution in [2.75, 3.05) is 0 Å². The van der Waals surface area contributed by atoms with Crippen molar-refractivity contribution in [1.29, 1.82) is 0 Å². The Balaban J connectivity index is 2.33. The Bertz CT molecular complexity index is 388. The summed E-state index contributed by atoms with van der Waals surface area (Å²) in [6.45, 7) is 3.31. The van der Waals surface area contributed by atoms with E-state index in [0.29, 0.717) is 11.5 Å². The van der Waals surface area contributed by atoms with E-state index in [-0.39, 0.29) is 6.54 Å². The number of carboxylic acids is 1. The summed E-state index contributed by atoms with van der Waals surface area (Å²) in [7, 11) is 0. The normalized spacial score (nSPS) is 11.9. The monoisotopic (exact) mass is 227 g/mol. The van der Waals surface area contributed by atoms with Gasteiger partial charge < -0.3 is 20.3 Å². The lowest BCUT2D eigenvalue weighted by atomic mass is 10.3. The number of carboxylic acid groups (broad SMARTS) is 1. The zero-order valence-corrected chi connectivity index (χ0v) is 8.98. The van der Waals surface area contributed by atoms with Crippen molar-refractivity contribution < 1.29 is 19.2 Å². The van der Waals surface area contributed by atoms with Crippen LogP contribution in [0.25, 0.3) is 0 Å². The molecule has 0 aliphatic heterocycles. The lowest BCUT2D eigenvalue weighted by Crippen LogP contribution is -2.44. The largest absolute Gasteiger partial charge is 0.480 e. The van der Waals surface area contributed by atoms with Crippen molar-refractivity contribution >= 4 is 12.0 Å². The molecule has 1 aromatic rings. The fourth-order valence-electron chi connectivity index (χ4n) is 0.982. The summed E-state index contributed by atoms with van der Waals surface area (Å²) in [4.78, 5) is 21.6. The van der Waals surface area contributed by atoms with Crippen molar-refractivity contribution in [2.24, 2.45) is 0 Å². The topological polar surface area (TPSA) is 104 Å². The zero-order chi connectivity index (χ0) is 12.1. The van der Waals surface area contributed by atoms with E-state index in [1.54, 1.807) is 13.0 Å². The number of carbonyl (C=O) groups is 2. The van der Waals surface area contributed by atoms with Crippen LogP contribution in [-0.2, 0) is 11.3 Å². The summed E-state index contributed by atoms with van der Waals surface area (Å²) in [6.07, 6.45) is 0. The molecule has 1 aromatic heterocycles. The molecule has 0 aromatic carbocycles. The molecule has 0 saturated heterocycles. The molecule has 0 fully saturated rings. The second kappa shape index (κ2) is 5.15. The standard InChI is InChI=1S/C9H13N3O4/c1-5-3-7(12-16-5)4-10-9(15)11-6(2)8(13)14/h3,6H,4H2,1-2H3,(H,13,14)(H2,10,11,15)/t6-/m1/s1. The van der Waals surface area contributed by atoms with Gasteiger partial charge in [-0.15, -0.1) is 0 Å². The number of aryl methyl sites for hydroxylation is 1. The molecule has 0 saturated carbocycles. The van der Waals surface area contributed by atoms with Crippen LogP contribution in [0.4, 0.5) is 4.79 Å². The predicted octanol–water partition coefficient (Wildman–Crippen LogP) is 0.255. The third-order valence-electron chi connectivity index (χ3n) is 1.82. The molecule has 0 aliphatic rings. The van der Waals surface area contributed by atoms with Crippen molar-refractivity contribution in [3.63, 3.8) is 0 Å². The minimum atomic E-state index is -1.09. The second-order valence-corrected chi connectivity index (χ2v) is 3.32. The first-order valence-corrected chi connectivity index (χ1v) is 4.68. The molecule has 1 rings (SSSR count). The molecule has 7 nitrogen and oxygen atoms in total. The van der Waals surface area contributed by atoms with E-state index in [9.17, 15) is 9.59 Å². The van der Waals surface area contributed by atoms with Gasteiger partial charge >= 0.3 is 12.0 Å². The SMILES string of the molecule is Cc1cc(CNC(=O)N[C@H](C)C(=O)O)no1. The Hall–Kier alpha value is -2.05. The number of nitrogens with zero attached hydrogens (tertiary/aromatic N) is 1. The van der Waals surface area contributed by atoms with Crippen LogP contribution < -0.4 is 10.6 Å². The van der Waals surface area contributed by atoms with Gasteiger partial charge in [0.2, 0.25) is 0 Å². The average molecular weight is 227 g/mol. The molecular formula is C9H13N3O4. The molecule has 3 N–H and O–H groups in total. The molecule has 1 atom stereocenters. The van der Waals surface area contributed by atoms with Crippen molar-refractivity contribution in [1.82, 2.24) is 15.8 Å². The molecule has 0 aliphatic carbocycles. The number of carbonyl (C=O) groups excluding carboxylic acids is 1. The number of aliphatic carboxylic acids is 1. The highest BCUT2D eigenvalue weighted by Gasteiger charge is 2.13. The summed E-state index contributed by atoms with van der Waals surface area (Å²) < 4.78 is 4.80. The van der Waals surface area contributed by atoms with E-state index in [0.717, 1.165) is 0 Å². The lowest BCUT2D eigenvalue weighted by molar-refractivity contribution is -0.138. The van der Waals surface area contributed by atoms with E-state index in [4.69, 9.17) is 9.63 Å². The van der Waals surface area contributed by atoms with Gasteiger partial charge in [0.1, 0.15) is 17.5 Å². The average Bonchev–Trinajstić information content (AvgIpc) is 2.61. The summed E-state index contributed by atoms with van der Waals surface area (Å²) in [6, 6.07) is 0.190. The number of aromatic nitrogens is 1. The molecule has 88 valence electrons. The van der Waals surface area contributed by atoms with Crippen molar-refractivity contribution in [3.8, 4) is 0 Å². The van der Waals surface area contributed by atoms with E-state index in [1.165, 1.54) is 6.92 Å². The molecule has 7 heteroatoms. The van der Waals surface area contributed by atoms with Gasteiger partial charge in [-0.2, -0.15) is 0 Å². The Morgan fingerprint density at radius 2 is 2.31 bits per heavy atom. The number of urea groups is 1. The van der Waals surface area contributed by atoms with Gasteiger partial charge in [0, 0.05) is 6.07 Å². The summed E-state index contributed by atoms with van der Waals surface area (Å²) in [5.74, 6) is -0.441. The van der Waals surface area contributed by atoms with E-state index in [2.05, 4.69) is 15.8 Å². The van der Waals surface area contributed by atoms with Crippen LogP contribution in [0.3, 0.4) is 0 Å². The first-order chi connectivity index (χ1) is 7.49. The fourth-order valence-corrected chi connectivity index (χ4v) is 0.982. The van der Waals surface area contributed by atoms with Crippen LogP contribution >= 0.6 is 0 Å². The Morgan fingerprint density at radius 3 is 2.81 bits per heavy atom. The number of hydrogen-bond acceptors (Lipinski definition) is 4. The second-order valence-electron chi connectivity index (χ2n) is 3.32. The number of rotatable bonds is 4. The van der Waals surface area contributed by atoms with Gasteiger partial charge in [-0.1, -0.05) is 5.16 Å². The minimum Gasteiger partial charge on any atom is -0.480 e. The highest BCUT2D eigenvalue weighted by atomic mass is 16.5. The minimum absolute atomic E-state index is 0.190. The van der Waals surface area contributed by atoms with Gasteiger partial charge in [0.05, 0.1) is 6.54 Å². The van der Waals surface area contributed by atoms with Crippen molar-refractivity contribution in [3.05, 3.63) is 17.5 Å². The lowest BCUT2D eigenvalue weighted by Gasteiger charge is -2.09. The number of nitrogens with one attached hydrogen (secondary N) is 2. The quantitative estimate of drug-likeness (QED) is 0.684. The maximum atomic E-state index is 11.2. The highest BCUT2D eigenvalue weighted by Crippen LogP contribution is 2.00. The van der Waals surface area contributed by atoms with E-state index in [1.807, 2.05) is 0 Å². The molecule has 0 radical (unpaired) electrons. The van der Waals surface area contributed by atoms with E-state index < -0.39 is 18.0 Å². The van der Waals surface area contributed by atoms with Gasteiger partial charge in [-0.05, 0) is 13.8 Å². The van der Waals surface area contributed by atoms with Crippen LogP contribution in [0.2, 0.25) is 0 Å². The Morgan fingerprint density at radius 1 is 1.62 bits per heavy atom. The Labute approximate surface area is 91.8 Å². The van der Waals surface area contributed by atoms with Crippen LogP contribution in [0, 0.1) is 6.92 Å². The van der Waals surface area contributed by atoms with Gasteiger partial charge in [0.25, 0.3) is 0 Å². The summed E-state index contributed by atoms with van der Waals surface area (Å²) in [5, 5.41) is 16.9. The third-order valence-corrected chi connectivity index (χ3v) is 1.82. The van der Waals surface area contributed by atoms with Crippen molar-refractivity contribution in [2.45, 2.75) is 26.4 Å². The first kappa shape index (κ1) is 12.0. The van der Waals surface area contributed by atoms with Crippen LogP contribution in [0.15, 0.2) is 10.6 Å². The number of amides is 2. The smallest absolute Gasteiger partial charge is 0.325 e. The first-order valence-electron chi connectivity index (χ1n) is 4.68. The van der Waals surface area contributed by atoms with Crippen LogP contribution in [0.1, 0.15) is 18.4 Å². The zero-order valence-electron chi connectivity index (χ0n) is 8.98. The molecule has 0 unspecified atom stereocenters. The summed E-state index contributed by atoms with van der Waals surface area (Å²) >= 11 is 0. The van der Waals surface area contributed by atoms with Crippen LogP contribution in [-0.4, -0.2) is 28.3 Å². The molecule has 0 spiro atoms. The van der Waals surface area contributed by atoms with Gasteiger partial charge in [0.15, 0.2) is 0 Å². The maximum Gasteiger partial charge on any atom is 0.325 e. The van der Waals surface area contributed by atoms with E-state index >= 15 is 0 Å². The molecule has 2 amide bonds. The summed E-state index contributed by atoms with van der Waals surface area (Å²) in [5.41, 5.74) is 0.579. The molecule has 1 heterocycles. The van der Waals surface area contributed by atoms with Gasteiger partial charge in [-0.3, -0.25) is 4.79 Å². The maximum absolute atomic E-state index is 11.2. The predicted molar refractivity (Wildman–Crippen MR) is 53.7 cm³/mol.